The van der Waals surface area contributed by atoms with Gasteiger partial charge in [0.05, 0.1) is 20.3 Å². The molecule has 1 aliphatic rings. The quantitative estimate of drug-likeness (QED) is 0.401. The van der Waals surface area contributed by atoms with Gasteiger partial charge in [-0.2, -0.15) is 0 Å². The van der Waals surface area contributed by atoms with Crippen LogP contribution in [0, 0.1) is 0 Å². The molecule has 9 nitrogen and oxygen atoms in total. The van der Waals surface area contributed by atoms with E-state index in [1.807, 2.05) is 55.5 Å². The zero-order valence-electron chi connectivity index (χ0n) is 20.8. The first kappa shape index (κ1) is 24.0. The van der Waals surface area contributed by atoms with Crippen LogP contribution in [-0.4, -0.2) is 56.9 Å². The van der Waals surface area contributed by atoms with Gasteiger partial charge in [-0.1, -0.05) is 25.0 Å². The first-order valence-corrected chi connectivity index (χ1v) is 12.6. The molecule has 4 aromatic rings. The lowest BCUT2D eigenvalue weighted by atomic mass is 10.0. The molecule has 0 aliphatic carbocycles. The summed E-state index contributed by atoms with van der Waals surface area (Å²) in [6, 6.07) is 15.2. The normalized spacial score (nSPS) is 15.5. The Morgan fingerprint density at radius 1 is 1.00 bits per heavy atom. The summed E-state index contributed by atoms with van der Waals surface area (Å²) in [5.41, 5.74) is 2.34. The fraction of sp³-hybridized carbons (Fsp3) is 0.407. The van der Waals surface area contributed by atoms with Crippen LogP contribution in [0.4, 0.5) is 0 Å². The number of hydrogen-bond donors (Lipinski definition) is 1. The highest BCUT2D eigenvalue weighted by Gasteiger charge is 2.31. The Hall–Kier alpha value is -3.72. The van der Waals surface area contributed by atoms with Crippen LogP contribution in [0.3, 0.4) is 0 Å². The largest absolute Gasteiger partial charge is 0.497 e. The summed E-state index contributed by atoms with van der Waals surface area (Å²) in [5.74, 6) is 2.24. The zero-order valence-corrected chi connectivity index (χ0v) is 20.8. The maximum Gasteiger partial charge on any atom is 0.253 e. The number of aromatic nitrogens is 5. The van der Waals surface area contributed by atoms with E-state index in [0.29, 0.717) is 24.5 Å². The van der Waals surface area contributed by atoms with Gasteiger partial charge in [0, 0.05) is 16.5 Å². The van der Waals surface area contributed by atoms with Crippen molar-refractivity contribution in [1.29, 1.82) is 0 Å². The molecule has 1 saturated heterocycles. The van der Waals surface area contributed by atoms with Crippen LogP contribution in [0.1, 0.15) is 55.6 Å². The van der Waals surface area contributed by atoms with Crippen molar-refractivity contribution in [3.63, 3.8) is 0 Å². The molecule has 5 rings (SSSR count). The number of tetrazole rings is 1. The second-order valence-corrected chi connectivity index (χ2v) is 9.13. The number of H-pyrrole nitrogens is 1. The number of methoxy groups -OCH3 is 1. The van der Waals surface area contributed by atoms with Crippen molar-refractivity contribution in [1.82, 2.24) is 30.1 Å². The van der Waals surface area contributed by atoms with Gasteiger partial charge in [-0.05, 0) is 85.2 Å². The van der Waals surface area contributed by atoms with Crippen molar-refractivity contribution in [2.75, 3.05) is 26.8 Å². The van der Waals surface area contributed by atoms with E-state index in [4.69, 9.17) is 9.47 Å². The van der Waals surface area contributed by atoms with E-state index < -0.39 is 0 Å². The molecular formula is C27H32N6O3. The van der Waals surface area contributed by atoms with Crippen molar-refractivity contribution >= 4 is 10.9 Å². The first-order chi connectivity index (χ1) is 17.7. The first-order valence-electron chi connectivity index (χ1n) is 12.6. The molecule has 2 aromatic carbocycles. The third-order valence-corrected chi connectivity index (χ3v) is 6.75. The Bertz CT molecular complexity index is 1360. The number of ether oxygens (including phenoxy) is 2. The number of benzene rings is 2. The molecule has 36 heavy (non-hydrogen) atoms. The number of pyridine rings is 1. The lowest BCUT2D eigenvalue weighted by Crippen LogP contribution is -2.36. The number of likely N-dealkylation sites (tertiary alicyclic amines) is 1. The van der Waals surface area contributed by atoms with Crippen LogP contribution in [0.5, 0.6) is 11.5 Å². The molecule has 1 unspecified atom stereocenters. The van der Waals surface area contributed by atoms with E-state index in [1.54, 1.807) is 11.8 Å². The standard InChI is InChI=1S/C27H32N6O3/c1-3-36-22-12-13-24-20(16-22)17-23(27(34)28-24)25(32-14-6-4-5-7-15-32)26-29-30-31-33(26)18-19-8-10-21(35-2)11-9-19/h8-13,16-17,25H,3-7,14-15,18H2,1-2H3,(H,28,34). The van der Waals surface area contributed by atoms with Gasteiger partial charge in [-0.15, -0.1) is 5.10 Å². The van der Waals surface area contributed by atoms with Gasteiger partial charge in [0.25, 0.3) is 5.56 Å². The molecule has 1 N–H and O–H groups in total. The van der Waals surface area contributed by atoms with E-state index in [9.17, 15) is 4.79 Å². The van der Waals surface area contributed by atoms with Gasteiger partial charge < -0.3 is 14.5 Å². The van der Waals surface area contributed by atoms with Crippen LogP contribution in [0.2, 0.25) is 0 Å². The van der Waals surface area contributed by atoms with Gasteiger partial charge in [-0.3, -0.25) is 9.69 Å². The molecule has 0 bridgehead atoms. The van der Waals surface area contributed by atoms with Crippen LogP contribution in [0.15, 0.2) is 53.3 Å². The van der Waals surface area contributed by atoms with Gasteiger partial charge >= 0.3 is 0 Å². The highest BCUT2D eigenvalue weighted by atomic mass is 16.5. The molecule has 2 aromatic heterocycles. The Morgan fingerprint density at radius 2 is 1.75 bits per heavy atom. The number of fused-ring (bicyclic) bond motifs is 1. The summed E-state index contributed by atoms with van der Waals surface area (Å²) in [5, 5.41) is 13.7. The average molecular weight is 489 g/mol. The average Bonchev–Trinajstić information content (AvgIpc) is 3.16. The molecule has 9 heteroatoms. The number of aromatic amines is 1. The molecular weight excluding hydrogens is 456 g/mol. The van der Waals surface area contributed by atoms with E-state index in [2.05, 4.69) is 25.4 Å². The zero-order chi connectivity index (χ0) is 24.9. The highest BCUT2D eigenvalue weighted by Crippen LogP contribution is 2.30. The van der Waals surface area contributed by atoms with Gasteiger partial charge in [0.15, 0.2) is 5.82 Å². The predicted octanol–water partition coefficient (Wildman–Crippen LogP) is 3.94. The maximum absolute atomic E-state index is 13.4. The molecule has 3 heterocycles. The number of nitrogens with one attached hydrogen (secondary N) is 1. The van der Waals surface area contributed by atoms with Crippen molar-refractivity contribution < 1.29 is 9.47 Å². The Kier molecular flexibility index (Phi) is 7.27. The second-order valence-electron chi connectivity index (χ2n) is 9.13. The van der Waals surface area contributed by atoms with E-state index in [0.717, 1.165) is 53.9 Å². The lowest BCUT2D eigenvalue weighted by Gasteiger charge is -2.29. The minimum Gasteiger partial charge on any atom is -0.497 e. The Morgan fingerprint density at radius 3 is 2.47 bits per heavy atom. The number of rotatable bonds is 8. The molecule has 1 fully saturated rings. The molecule has 188 valence electrons. The SMILES string of the molecule is CCOc1ccc2[nH]c(=O)c(C(c3nnnn3Cc3ccc(OC)cc3)N3CCCCCC3)cc2c1. The van der Waals surface area contributed by atoms with Gasteiger partial charge in [0.1, 0.15) is 17.5 Å². The Labute approximate surface area is 210 Å². The fourth-order valence-electron chi connectivity index (χ4n) is 4.94. The minimum absolute atomic E-state index is 0.125. The predicted molar refractivity (Wildman–Crippen MR) is 138 cm³/mol. The van der Waals surface area contributed by atoms with Crippen molar-refractivity contribution in [2.24, 2.45) is 0 Å². The summed E-state index contributed by atoms with van der Waals surface area (Å²) in [4.78, 5) is 18.9. The molecule has 1 atom stereocenters. The van der Waals surface area contributed by atoms with Gasteiger partial charge in [0.2, 0.25) is 0 Å². The van der Waals surface area contributed by atoms with Crippen LogP contribution >= 0.6 is 0 Å². The second kappa shape index (κ2) is 10.9. The van der Waals surface area contributed by atoms with E-state index >= 15 is 0 Å². The molecule has 0 saturated carbocycles. The van der Waals surface area contributed by atoms with Crippen molar-refractivity contribution in [3.8, 4) is 11.5 Å². The van der Waals surface area contributed by atoms with Crippen molar-refractivity contribution in [3.05, 3.63) is 75.8 Å². The van der Waals surface area contributed by atoms with E-state index in [-0.39, 0.29) is 11.6 Å². The third kappa shape index (κ3) is 5.11. The fourth-order valence-corrected chi connectivity index (χ4v) is 4.94. The maximum atomic E-state index is 13.4. The minimum atomic E-state index is -0.361. The summed E-state index contributed by atoms with van der Waals surface area (Å²) >= 11 is 0. The molecule has 0 amide bonds. The van der Waals surface area contributed by atoms with Crippen LogP contribution in [-0.2, 0) is 6.54 Å². The highest BCUT2D eigenvalue weighted by molar-refractivity contribution is 5.80. The van der Waals surface area contributed by atoms with Gasteiger partial charge in [-0.25, -0.2) is 4.68 Å². The summed E-state index contributed by atoms with van der Waals surface area (Å²) < 4.78 is 12.8. The van der Waals surface area contributed by atoms with Crippen LogP contribution in [0.25, 0.3) is 10.9 Å². The van der Waals surface area contributed by atoms with E-state index in [1.165, 1.54) is 12.8 Å². The molecule has 0 radical (unpaired) electrons. The summed E-state index contributed by atoms with van der Waals surface area (Å²) in [6.45, 7) is 4.81. The van der Waals surface area contributed by atoms with Crippen LogP contribution < -0.4 is 15.0 Å². The monoisotopic (exact) mass is 488 g/mol. The topological polar surface area (TPSA) is 98.2 Å². The summed E-state index contributed by atoms with van der Waals surface area (Å²) in [7, 11) is 1.65. The lowest BCUT2D eigenvalue weighted by molar-refractivity contribution is 0.220. The molecule has 0 spiro atoms. The Balaban J connectivity index is 1.58. The molecule has 1 aliphatic heterocycles. The number of nitrogens with zero attached hydrogens (tertiary/aromatic N) is 5. The summed E-state index contributed by atoms with van der Waals surface area (Å²) in [6.07, 6.45) is 4.53. The number of hydrogen-bond acceptors (Lipinski definition) is 7. The third-order valence-electron chi connectivity index (χ3n) is 6.75. The smallest absolute Gasteiger partial charge is 0.253 e. The van der Waals surface area contributed by atoms with Crippen molar-refractivity contribution in [2.45, 2.75) is 45.2 Å².